The summed E-state index contributed by atoms with van der Waals surface area (Å²) in [5, 5.41) is 0. The molecule has 114 valence electrons. The Morgan fingerprint density at radius 1 is 1.36 bits per heavy atom. The van der Waals surface area contributed by atoms with Gasteiger partial charge in [-0.1, -0.05) is 0 Å². The number of primary amides is 1. The summed E-state index contributed by atoms with van der Waals surface area (Å²) in [6.45, 7) is 3.29. The number of aromatic nitrogens is 3. The van der Waals surface area contributed by atoms with E-state index in [0.29, 0.717) is 24.8 Å². The minimum absolute atomic E-state index is 0.281. The Bertz CT molecular complexity index is 677. The highest BCUT2D eigenvalue weighted by Gasteiger charge is 2.29. The Kier molecular flexibility index (Phi) is 3.97. The third-order valence-corrected chi connectivity index (χ3v) is 3.53. The predicted molar refractivity (Wildman–Crippen MR) is 81.1 cm³/mol. The second-order valence-electron chi connectivity index (χ2n) is 5.11. The summed E-state index contributed by atoms with van der Waals surface area (Å²) in [6, 6.07) is 5.05. The zero-order valence-corrected chi connectivity index (χ0v) is 12.3. The fourth-order valence-corrected chi connectivity index (χ4v) is 2.44. The van der Waals surface area contributed by atoms with Crippen LogP contribution in [-0.2, 0) is 9.53 Å². The largest absolute Gasteiger partial charge is 0.377 e. The molecule has 1 aliphatic rings. The molecule has 22 heavy (non-hydrogen) atoms. The van der Waals surface area contributed by atoms with Crippen LogP contribution in [0.15, 0.2) is 30.6 Å². The van der Waals surface area contributed by atoms with Crippen molar-refractivity contribution in [3.05, 3.63) is 36.3 Å². The van der Waals surface area contributed by atoms with Crippen LogP contribution in [0, 0.1) is 6.92 Å². The monoisotopic (exact) mass is 299 g/mol. The highest BCUT2D eigenvalue weighted by atomic mass is 16.5. The third kappa shape index (κ3) is 2.89. The van der Waals surface area contributed by atoms with Crippen LogP contribution in [0.3, 0.4) is 0 Å². The Labute approximate surface area is 128 Å². The van der Waals surface area contributed by atoms with Gasteiger partial charge in [-0.05, 0) is 19.1 Å². The smallest absolute Gasteiger partial charge is 0.242 e. The minimum atomic E-state index is -0.506. The van der Waals surface area contributed by atoms with Crippen molar-refractivity contribution in [2.75, 3.05) is 24.7 Å². The second-order valence-corrected chi connectivity index (χ2v) is 5.11. The number of hydrogen-bond acceptors (Lipinski definition) is 6. The lowest BCUT2D eigenvalue weighted by atomic mass is 10.2. The normalized spacial score (nSPS) is 18.2. The molecule has 1 amide bonds. The summed E-state index contributed by atoms with van der Waals surface area (Å²) in [4.78, 5) is 26.5. The van der Waals surface area contributed by atoms with Gasteiger partial charge in [-0.25, -0.2) is 9.97 Å². The Morgan fingerprint density at radius 3 is 2.86 bits per heavy atom. The third-order valence-electron chi connectivity index (χ3n) is 3.53. The number of anilines is 1. The summed E-state index contributed by atoms with van der Waals surface area (Å²) in [7, 11) is 0. The van der Waals surface area contributed by atoms with Crippen molar-refractivity contribution in [1.82, 2.24) is 15.0 Å². The van der Waals surface area contributed by atoms with Gasteiger partial charge in [-0.2, -0.15) is 0 Å². The van der Waals surface area contributed by atoms with Gasteiger partial charge in [0.1, 0.15) is 11.9 Å². The minimum Gasteiger partial charge on any atom is -0.377 e. The van der Waals surface area contributed by atoms with E-state index in [4.69, 9.17) is 10.5 Å². The zero-order valence-electron chi connectivity index (χ0n) is 12.3. The fourth-order valence-electron chi connectivity index (χ4n) is 2.44. The van der Waals surface area contributed by atoms with Crippen LogP contribution < -0.4 is 10.6 Å². The molecule has 0 aliphatic carbocycles. The summed E-state index contributed by atoms with van der Waals surface area (Å²) in [5.74, 6) is 0.875. The Hall–Kier alpha value is -2.54. The molecule has 0 saturated carbocycles. The van der Waals surface area contributed by atoms with Crippen LogP contribution in [0.2, 0.25) is 0 Å². The van der Waals surface area contributed by atoms with Gasteiger partial charge < -0.3 is 15.4 Å². The van der Waals surface area contributed by atoms with E-state index < -0.39 is 11.9 Å². The zero-order chi connectivity index (χ0) is 15.5. The molecular formula is C15H17N5O2. The second kappa shape index (κ2) is 6.07. The molecule has 3 rings (SSSR count). The van der Waals surface area contributed by atoms with E-state index in [0.717, 1.165) is 11.3 Å². The van der Waals surface area contributed by atoms with Crippen molar-refractivity contribution in [3.63, 3.8) is 0 Å². The van der Waals surface area contributed by atoms with Gasteiger partial charge in [0.2, 0.25) is 5.91 Å². The SMILES string of the molecule is Cc1cc(N2CCOC[C@@H]2C(N)=O)nc(-c2ccncc2)n1. The molecule has 0 unspecified atom stereocenters. The van der Waals surface area contributed by atoms with Crippen molar-refractivity contribution in [2.24, 2.45) is 5.73 Å². The molecular weight excluding hydrogens is 282 g/mol. The first-order chi connectivity index (χ1) is 10.6. The van der Waals surface area contributed by atoms with Gasteiger partial charge in [0.05, 0.1) is 13.2 Å². The van der Waals surface area contributed by atoms with Crippen LogP contribution in [0.5, 0.6) is 0 Å². The van der Waals surface area contributed by atoms with E-state index in [1.54, 1.807) is 12.4 Å². The number of amides is 1. The summed E-state index contributed by atoms with van der Waals surface area (Å²) in [5.41, 5.74) is 7.17. The van der Waals surface area contributed by atoms with E-state index in [9.17, 15) is 4.79 Å². The maximum atomic E-state index is 11.6. The molecule has 2 aromatic rings. The molecule has 1 fully saturated rings. The average Bonchev–Trinajstić information content (AvgIpc) is 2.55. The van der Waals surface area contributed by atoms with Gasteiger partial charge in [-0.3, -0.25) is 9.78 Å². The molecule has 0 spiro atoms. The first-order valence-electron chi connectivity index (χ1n) is 7.05. The molecule has 0 radical (unpaired) electrons. The van der Waals surface area contributed by atoms with E-state index in [1.165, 1.54) is 0 Å². The van der Waals surface area contributed by atoms with Crippen LogP contribution in [0.4, 0.5) is 5.82 Å². The molecule has 1 aliphatic heterocycles. The highest BCUT2D eigenvalue weighted by molar-refractivity contribution is 5.83. The van der Waals surface area contributed by atoms with Crippen LogP contribution in [-0.4, -0.2) is 46.7 Å². The van der Waals surface area contributed by atoms with Gasteiger partial charge in [0.25, 0.3) is 0 Å². The van der Waals surface area contributed by atoms with Crippen molar-refractivity contribution in [1.29, 1.82) is 0 Å². The number of rotatable bonds is 3. The number of pyridine rings is 1. The fraction of sp³-hybridized carbons (Fsp3) is 0.333. The number of aryl methyl sites for hydroxylation is 1. The van der Waals surface area contributed by atoms with E-state index >= 15 is 0 Å². The lowest BCUT2D eigenvalue weighted by molar-refractivity contribution is -0.121. The van der Waals surface area contributed by atoms with Crippen LogP contribution in [0.1, 0.15) is 5.69 Å². The van der Waals surface area contributed by atoms with Gasteiger partial charge in [0, 0.05) is 36.3 Å². The number of nitrogens with zero attached hydrogens (tertiary/aromatic N) is 4. The van der Waals surface area contributed by atoms with E-state index in [2.05, 4.69) is 15.0 Å². The summed E-state index contributed by atoms with van der Waals surface area (Å²) >= 11 is 0. The molecule has 1 saturated heterocycles. The molecule has 7 nitrogen and oxygen atoms in total. The summed E-state index contributed by atoms with van der Waals surface area (Å²) < 4.78 is 5.35. The van der Waals surface area contributed by atoms with Crippen molar-refractivity contribution < 1.29 is 9.53 Å². The Balaban J connectivity index is 2.00. The lowest BCUT2D eigenvalue weighted by Gasteiger charge is -2.34. The van der Waals surface area contributed by atoms with Crippen molar-refractivity contribution >= 4 is 11.7 Å². The number of ether oxygens (including phenoxy) is 1. The van der Waals surface area contributed by atoms with Crippen LogP contribution in [0.25, 0.3) is 11.4 Å². The average molecular weight is 299 g/mol. The number of morpholine rings is 1. The molecule has 1 atom stereocenters. The first kappa shape index (κ1) is 14.4. The first-order valence-corrected chi connectivity index (χ1v) is 7.05. The Morgan fingerprint density at radius 2 is 2.14 bits per heavy atom. The number of carbonyl (C=O) groups is 1. The standard InChI is InChI=1S/C15H17N5O2/c1-10-8-13(20-6-7-22-9-12(20)14(16)21)19-15(18-10)11-2-4-17-5-3-11/h2-5,8,12H,6-7,9H2,1H3,(H2,16,21)/t12-/m1/s1. The quantitative estimate of drug-likeness (QED) is 0.889. The predicted octanol–water partition coefficient (Wildman–Crippen LogP) is 0.538. The highest BCUT2D eigenvalue weighted by Crippen LogP contribution is 2.22. The van der Waals surface area contributed by atoms with Crippen molar-refractivity contribution in [2.45, 2.75) is 13.0 Å². The number of hydrogen-bond donors (Lipinski definition) is 1. The van der Waals surface area contributed by atoms with Gasteiger partial charge >= 0.3 is 0 Å². The maximum Gasteiger partial charge on any atom is 0.242 e. The van der Waals surface area contributed by atoms with E-state index in [-0.39, 0.29) is 6.61 Å². The van der Waals surface area contributed by atoms with E-state index in [1.807, 2.05) is 30.0 Å². The van der Waals surface area contributed by atoms with Gasteiger partial charge in [-0.15, -0.1) is 0 Å². The molecule has 3 heterocycles. The number of nitrogens with two attached hydrogens (primary N) is 1. The molecule has 7 heteroatoms. The molecule has 0 aromatic carbocycles. The summed E-state index contributed by atoms with van der Waals surface area (Å²) in [6.07, 6.45) is 3.39. The van der Waals surface area contributed by atoms with Crippen molar-refractivity contribution in [3.8, 4) is 11.4 Å². The molecule has 0 bridgehead atoms. The van der Waals surface area contributed by atoms with Gasteiger partial charge in [0.15, 0.2) is 5.82 Å². The van der Waals surface area contributed by atoms with Crippen LogP contribution >= 0.6 is 0 Å². The number of carbonyl (C=O) groups excluding carboxylic acids is 1. The lowest BCUT2D eigenvalue weighted by Crippen LogP contribution is -2.53. The molecule has 2 N–H and O–H groups in total. The maximum absolute atomic E-state index is 11.6. The molecule has 2 aromatic heterocycles. The topological polar surface area (TPSA) is 94.2 Å².